The van der Waals surface area contributed by atoms with Crippen molar-refractivity contribution >= 4 is 0 Å². The Balaban J connectivity index is 2.51. The molecule has 19 heavy (non-hydrogen) atoms. The van der Waals surface area contributed by atoms with E-state index in [-0.39, 0.29) is 12.6 Å². The fourth-order valence-electron chi connectivity index (χ4n) is 1.69. The zero-order valence-electron chi connectivity index (χ0n) is 11.2. The number of aromatic nitrogens is 2. The molecule has 6 nitrogen and oxygen atoms in total. The number of methoxy groups -OCH3 is 1. The number of ether oxygens (including phenoxy) is 2. The van der Waals surface area contributed by atoms with E-state index in [0.717, 1.165) is 0 Å². The first-order chi connectivity index (χ1) is 9.15. The van der Waals surface area contributed by atoms with Gasteiger partial charge in [0.15, 0.2) is 0 Å². The summed E-state index contributed by atoms with van der Waals surface area (Å²) < 4.78 is 16.1. The third-order valence-electron chi connectivity index (χ3n) is 2.44. The molecule has 2 rings (SSSR count). The molecule has 0 spiro atoms. The molecule has 0 amide bonds. The van der Waals surface area contributed by atoms with Crippen LogP contribution in [0.5, 0.6) is 11.5 Å². The highest BCUT2D eigenvalue weighted by molar-refractivity contribution is 5.71. The van der Waals surface area contributed by atoms with Crippen molar-refractivity contribution in [1.29, 1.82) is 0 Å². The van der Waals surface area contributed by atoms with E-state index in [0.29, 0.717) is 28.8 Å². The molecule has 0 radical (unpaired) electrons. The topological polar surface area (TPSA) is 83.4 Å². The van der Waals surface area contributed by atoms with E-state index in [1.54, 1.807) is 7.11 Å². The third kappa shape index (κ3) is 2.85. The highest BCUT2D eigenvalue weighted by Crippen LogP contribution is 2.37. The molecule has 1 heterocycles. The summed E-state index contributed by atoms with van der Waals surface area (Å²) in [5.74, 6) is 2.06. The van der Waals surface area contributed by atoms with Crippen LogP contribution in [0.2, 0.25) is 0 Å². The molecule has 0 atom stereocenters. The summed E-state index contributed by atoms with van der Waals surface area (Å²) in [4.78, 5) is 4.21. The summed E-state index contributed by atoms with van der Waals surface area (Å²) in [7, 11) is 1.59. The lowest BCUT2D eigenvalue weighted by Crippen LogP contribution is -2.07. The van der Waals surface area contributed by atoms with Crippen LogP contribution in [0, 0.1) is 0 Å². The monoisotopic (exact) mass is 263 g/mol. The fourth-order valence-corrected chi connectivity index (χ4v) is 1.69. The number of hydrogen-bond donors (Lipinski definition) is 1. The SMILES string of the molecule is COc1cccc(OC(C)C)c1-c1noc(CN)n1. The van der Waals surface area contributed by atoms with Gasteiger partial charge >= 0.3 is 0 Å². The summed E-state index contributed by atoms with van der Waals surface area (Å²) >= 11 is 0. The molecular weight excluding hydrogens is 246 g/mol. The van der Waals surface area contributed by atoms with Crippen LogP contribution in [0.4, 0.5) is 0 Å². The molecule has 0 saturated heterocycles. The van der Waals surface area contributed by atoms with Crippen LogP contribution in [0.3, 0.4) is 0 Å². The molecule has 2 N–H and O–H groups in total. The van der Waals surface area contributed by atoms with Crippen molar-refractivity contribution in [3.63, 3.8) is 0 Å². The van der Waals surface area contributed by atoms with Gasteiger partial charge in [-0.05, 0) is 26.0 Å². The summed E-state index contributed by atoms with van der Waals surface area (Å²) in [6.45, 7) is 4.10. The molecular formula is C13H17N3O3. The van der Waals surface area contributed by atoms with Crippen molar-refractivity contribution in [3.8, 4) is 22.9 Å². The lowest BCUT2D eigenvalue weighted by atomic mass is 10.1. The van der Waals surface area contributed by atoms with Crippen LogP contribution < -0.4 is 15.2 Å². The van der Waals surface area contributed by atoms with Gasteiger partial charge in [-0.25, -0.2) is 0 Å². The Morgan fingerprint density at radius 1 is 1.32 bits per heavy atom. The minimum absolute atomic E-state index is 0.0340. The zero-order chi connectivity index (χ0) is 13.8. The van der Waals surface area contributed by atoms with Gasteiger partial charge in [-0.15, -0.1) is 0 Å². The largest absolute Gasteiger partial charge is 0.496 e. The predicted molar refractivity (Wildman–Crippen MR) is 69.9 cm³/mol. The van der Waals surface area contributed by atoms with E-state index >= 15 is 0 Å². The van der Waals surface area contributed by atoms with Gasteiger partial charge in [0, 0.05) is 0 Å². The summed E-state index contributed by atoms with van der Waals surface area (Å²) in [5, 5.41) is 3.91. The number of benzene rings is 1. The minimum atomic E-state index is 0.0340. The molecule has 2 aromatic rings. The van der Waals surface area contributed by atoms with Crippen LogP contribution in [-0.4, -0.2) is 23.4 Å². The van der Waals surface area contributed by atoms with Gasteiger partial charge in [-0.2, -0.15) is 4.98 Å². The maximum absolute atomic E-state index is 5.75. The van der Waals surface area contributed by atoms with E-state index in [4.69, 9.17) is 19.7 Å². The molecule has 0 bridgehead atoms. The van der Waals surface area contributed by atoms with Crippen molar-refractivity contribution in [2.45, 2.75) is 26.5 Å². The molecule has 6 heteroatoms. The second-order valence-electron chi connectivity index (χ2n) is 4.22. The van der Waals surface area contributed by atoms with Gasteiger partial charge in [0.1, 0.15) is 17.1 Å². The van der Waals surface area contributed by atoms with Crippen molar-refractivity contribution in [2.75, 3.05) is 7.11 Å². The van der Waals surface area contributed by atoms with E-state index in [2.05, 4.69) is 10.1 Å². The lowest BCUT2D eigenvalue weighted by Gasteiger charge is -2.14. The van der Waals surface area contributed by atoms with Crippen LogP contribution in [0.15, 0.2) is 22.7 Å². The van der Waals surface area contributed by atoms with Gasteiger partial charge in [-0.3, -0.25) is 0 Å². The molecule has 0 saturated carbocycles. The predicted octanol–water partition coefficient (Wildman–Crippen LogP) is 1.99. The number of nitrogens with two attached hydrogens (primary N) is 1. The van der Waals surface area contributed by atoms with Gasteiger partial charge in [0.05, 0.1) is 19.8 Å². The average molecular weight is 263 g/mol. The van der Waals surface area contributed by atoms with Crippen LogP contribution >= 0.6 is 0 Å². The van der Waals surface area contributed by atoms with Crippen molar-refractivity contribution < 1.29 is 14.0 Å². The van der Waals surface area contributed by atoms with E-state index in [1.807, 2.05) is 32.0 Å². The minimum Gasteiger partial charge on any atom is -0.496 e. The Bertz CT molecular complexity index is 552. The molecule has 0 aliphatic carbocycles. The normalized spacial score (nSPS) is 10.8. The first kappa shape index (κ1) is 13.4. The Labute approximate surface area is 111 Å². The van der Waals surface area contributed by atoms with E-state index in [1.165, 1.54) is 0 Å². The summed E-state index contributed by atoms with van der Waals surface area (Å²) in [5.41, 5.74) is 6.14. The van der Waals surface area contributed by atoms with Crippen molar-refractivity contribution in [3.05, 3.63) is 24.1 Å². The molecule has 0 aliphatic heterocycles. The molecule has 1 aromatic heterocycles. The maximum atomic E-state index is 5.75. The molecule has 0 unspecified atom stereocenters. The van der Waals surface area contributed by atoms with E-state index < -0.39 is 0 Å². The first-order valence-electron chi connectivity index (χ1n) is 6.02. The second kappa shape index (κ2) is 5.71. The van der Waals surface area contributed by atoms with Gasteiger partial charge in [0.25, 0.3) is 0 Å². The maximum Gasteiger partial charge on any atom is 0.240 e. The number of rotatable bonds is 5. The van der Waals surface area contributed by atoms with Gasteiger partial charge in [0.2, 0.25) is 11.7 Å². The van der Waals surface area contributed by atoms with Crippen molar-refractivity contribution in [2.24, 2.45) is 5.73 Å². The van der Waals surface area contributed by atoms with Crippen LogP contribution in [0.1, 0.15) is 19.7 Å². The fraction of sp³-hybridized carbons (Fsp3) is 0.385. The smallest absolute Gasteiger partial charge is 0.240 e. The van der Waals surface area contributed by atoms with Crippen LogP contribution in [0.25, 0.3) is 11.4 Å². The highest BCUT2D eigenvalue weighted by atomic mass is 16.5. The van der Waals surface area contributed by atoms with E-state index in [9.17, 15) is 0 Å². The highest BCUT2D eigenvalue weighted by Gasteiger charge is 2.19. The molecule has 0 aliphatic rings. The Kier molecular flexibility index (Phi) is 4.01. The first-order valence-corrected chi connectivity index (χ1v) is 6.02. The molecule has 0 fully saturated rings. The third-order valence-corrected chi connectivity index (χ3v) is 2.44. The Morgan fingerprint density at radius 3 is 2.63 bits per heavy atom. The standard InChI is InChI=1S/C13H17N3O3/c1-8(2)18-10-6-4-5-9(17-3)12(10)13-15-11(7-14)19-16-13/h4-6,8H,7,14H2,1-3H3. The lowest BCUT2D eigenvalue weighted by molar-refractivity contribution is 0.242. The van der Waals surface area contributed by atoms with Crippen molar-refractivity contribution in [1.82, 2.24) is 10.1 Å². The Hall–Kier alpha value is -2.08. The summed E-state index contributed by atoms with van der Waals surface area (Å²) in [6.07, 6.45) is 0.0340. The number of nitrogens with zero attached hydrogens (tertiary/aromatic N) is 2. The Morgan fingerprint density at radius 2 is 2.05 bits per heavy atom. The van der Waals surface area contributed by atoms with Gasteiger partial charge < -0.3 is 19.7 Å². The average Bonchev–Trinajstić information content (AvgIpc) is 2.86. The second-order valence-corrected chi connectivity index (χ2v) is 4.22. The molecule has 102 valence electrons. The summed E-state index contributed by atoms with van der Waals surface area (Å²) in [6, 6.07) is 5.52. The van der Waals surface area contributed by atoms with Gasteiger partial charge in [-0.1, -0.05) is 11.2 Å². The zero-order valence-corrected chi connectivity index (χ0v) is 11.2. The van der Waals surface area contributed by atoms with Crippen LogP contribution in [-0.2, 0) is 6.54 Å². The number of hydrogen-bond acceptors (Lipinski definition) is 6. The molecule has 1 aromatic carbocycles. The quantitative estimate of drug-likeness (QED) is 0.888.